The molecule has 1 heterocycles. The second-order valence-corrected chi connectivity index (χ2v) is 6.69. The molecular weight excluding hydrogens is 320 g/mol. The fraction of sp³-hybridized carbons (Fsp3) is 0.579. The number of ether oxygens (including phenoxy) is 2. The van der Waals surface area contributed by atoms with Gasteiger partial charge in [-0.05, 0) is 30.5 Å². The monoisotopic (exact) mass is 348 g/mol. The molecule has 1 aromatic carbocycles. The first-order valence-corrected chi connectivity index (χ1v) is 8.75. The Balaban J connectivity index is 2.04. The van der Waals surface area contributed by atoms with Crippen LogP contribution < -0.4 is 9.47 Å². The van der Waals surface area contributed by atoms with Crippen LogP contribution in [0.3, 0.4) is 0 Å². The lowest BCUT2D eigenvalue weighted by atomic mass is 10.1. The molecule has 1 aromatic rings. The number of rotatable bonds is 5. The van der Waals surface area contributed by atoms with Crippen molar-refractivity contribution in [3.05, 3.63) is 23.8 Å². The number of nitrogens with zero attached hydrogens (tertiary/aromatic N) is 2. The molecule has 138 valence electrons. The predicted molar refractivity (Wildman–Crippen MR) is 96.1 cm³/mol. The summed E-state index contributed by atoms with van der Waals surface area (Å²) in [7, 11) is 3.12. The fourth-order valence-corrected chi connectivity index (χ4v) is 3.00. The molecule has 0 N–H and O–H groups in total. The van der Waals surface area contributed by atoms with Crippen LogP contribution in [0.15, 0.2) is 18.2 Å². The van der Waals surface area contributed by atoms with Gasteiger partial charge in [0.2, 0.25) is 5.91 Å². The minimum atomic E-state index is -0.0425. The molecule has 25 heavy (non-hydrogen) atoms. The Morgan fingerprint density at radius 3 is 2.28 bits per heavy atom. The van der Waals surface area contributed by atoms with Gasteiger partial charge in [0.1, 0.15) is 0 Å². The third kappa shape index (κ3) is 4.87. The lowest BCUT2D eigenvalue weighted by Gasteiger charge is -2.23. The topological polar surface area (TPSA) is 59.1 Å². The molecular formula is C19H28N2O4. The van der Waals surface area contributed by atoms with Crippen LogP contribution in [0.5, 0.6) is 11.5 Å². The van der Waals surface area contributed by atoms with Crippen molar-refractivity contribution in [2.75, 3.05) is 40.4 Å². The summed E-state index contributed by atoms with van der Waals surface area (Å²) in [6.07, 6.45) is 1.35. The van der Waals surface area contributed by atoms with Crippen LogP contribution in [0.1, 0.15) is 37.0 Å². The van der Waals surface area contributed by atoms with Gasteiger partial charge in [-0.3, -0.25) is 9.59 Å². The number of carbonyl (C=O) groups is 2. The molecule has 0 saturated carbocycles. The van der Waals surface area contributed by atoms with E-state index in [2.05, 4.69) is 0 Å². The zero-order valence-corrected chi connectivity index (χ0v) is 15.6. The highest BCUT2D eigenvalue weighted by atomic mass is 16.5. The Hall–Kier alpha value is -2.24. The highest BCUT2D eigenvalue weighted by Gasteiger charge is 2.23. The van der Waals surface area contributed by atoms with Gasteiger partial charge in [-0.25, -0.2) is 0 Å². The van der Waals surface area contributed by atoms with E-state index in [-0.39, 0.29) is 11.8 Å². The van der Waals surface area contributed by atoms with Crippen LogP contribution in [0, 0.1) is 5.92 Å². The lowest BCUT2D eigenvalue weighted by Crippen LogP contribution is -2.37. The van der Waals surface area contributed by atoms with Crippen molar-refractivity contribution in [1.82, 2.24) is 9.80 Å². The zero-order valence-electron chi connectivity index (χ0n) is 15.6. The molecule has 0 aliphatic carbocycles. The predicted octanol–water partition coefficient (Wildman–Crippen LogP) is 2.42. The number of hydrogen-bond acceptors (Lipinski definition) is 4. The van der Waals surface area contributed by atoms with E-state index in [1.807, 2.05) is 23.6 Å². The van der Waals surface area contributed by atoms with Crippen LogP contribution in [-0.4, -0.2) is 62.0 Å². The van der Waals surface area contributed by atoms with Crippen molar-refractivity contribution in [2.24, 2.45) is 5.92 Å². The molecule has 0 aromatic heterocycles. The standard InChI is InChI=1S/C19H28N2O4/c1-14(2)12-18(22)20-8-5-9-21(11-10-20)19(23)15-6-7-16(24-3)17(13-15)25-4/h6-7,13-14H,5,8-12H2,1-4H3. The first kappa shape index (κ1) is 19.1. The molecule has 1 aliphatic heterocycles. The smallest absolute Gasteiger partial charge is 0.254 e. The molecule has 2 amide bonds. The highest BCUT2D eigenvalue weighted by molar-refractivity contribution is 5.95. The van der Waals surface area contributed by atoms with Gasteiger partial charge in [-0.2, -0.15) is 0 Å². The second kappa shape index (κ2) is 8.74. The summed E-state index contributed by atoms with van der Waals surface area (Å²) in [6, 6.07) is 5.19. The normalized spacial score (nSPS) is 15.1. The van der Waals surface area contributed by atoms with Gasteiger partial charge < -0.3 is 19.3 Å². The molecule has 1 fully saturated rings. The molecule has 6 heteroatoms. The zero-order chi connectivity index (χ0) is 18.4. The van der Waals surface area contributed by atoms with Gasteiger partial charge >= 0.3 is 0 Å². The average molecular weight is 348 g/mol. The van der Waals surface area contributed by atoms with E-state index in [4.69, 9.17) is 9.47 Å². The van der Waals surface area contributed by atoms with E-state index < -0.39 is 0 Å². The van der Waals surface area contributed by atoms with Crippen LogP contribution in [0.2, 0.25) is 0 Å². The quantitative estimate of drug-likeness (QED) is 0.820. The van der Waals surface area contributed by atoms with Crippen molar-refractivity contribution in [1.29, 1.82) is 0 Å². The van der Waals surface area contributed by atoms with E-state index in [0.29, 0.717) is 55.6 Å². The molecule has 1 saturated heterocycles. The van der Waals surface area contributed by atoms with Gasteiger partial charge in [0.05, 0.1) is 14.2 Å². The van der Waals surface area contributed by atoms with Crippen LogP contribution in [-0.2, 0) is 4.79 Å². The maximum absolute atomic E-state index is 12.8. The number of benzene rings is 1. The lowest BCUT2D eigenvalue weighted by molar-refractivity contribution is -0.131. The molecule has 0 spiro atoms. The summed E-state index contributed by atoms with van der Waals surface area (Å²) in [4.78, 5) is 28.7. The number of methoxy groups -OCH3 is 2. The Bertz CT molecular complexity index is 615. The minimum absolute atomic E-state index is 0.0425. The Labute approximate surface area is 149 Å². The van der Waals surface area contributed by atoms with Crippen LogP contribution in [0.4, 0.5) is 0 Å². The van der Waals surface area contributed by atoms with Gasteiger partial charge in [0.15, 0.2) is 11.5 Å². The Morgan fingerprint density at radius 2 is 1.64 bits per heavy atom. The van der Waals surface area contributed by atoms with Gasteiger partial charge in [0.25, 0.3) is 5.91 Å². The minimum Gasteiger partial charge on any atom is -0.493 e. The van der Waals surface area contributed by atoms with Crippen molar-refractivity contribution in [2.45, 2.75) is 26.7 Å². The third-order valence-corrected chi connectivity index (χ3v) is 4.35. The third-order valence-electron chi connectivity index (χ3n) is 4.35. The summed E-state index contributed by atoms with van der Waals surface area (Å²) in [5.41, 5.74) is 0.569. The molecule has 0 unspecified atom stereocenters. The van der Waals surface area contributed by atoms with Crippen molar-refractivity contribution in [3.8, 4) is 11.5 Å². The summed E-state index contributed by atoms with van der Waals surface area (Å²) < 4.78 is 10.5. The molecule has 0 atom stereocenters. The summed E-state index contributed by atoms with van der Waals surface area (Å²) >= 11 is 0. The van der Waals surface area contributed by atoms with Gasteiger partial charge in [-0.1, -0.05) is 13.8 Å². The Kier molecular flexibility index (Phi) is 6.67. The van der Waals surface area contributed by atoms with Crippen molar-refractivity contribution in [3.63, 3.8) is 0 Å². The fourth-order valence-electron chi connectivity index (χ4n) is 3.00. The largest absolute Gasteiger partial charge is 0.493 e. The maximum Gasteiger partial charge on any atom is 0.254 e. The van der Waals surface area contributed by atoms with Crippen LogP contribution >= 0.6 is 0 Å². The van der Waals surface area contributed by atoms with E-state index in [1.165, 1.54) is 0 Å². The van der Waals surface area contributed by atoms with E-state index in [9.17, 15) is 9.59 Å². The first-order valence-electron chi connectivity index (χ1n) is 8.75. The van der Waals surface area contributed by atoms with Gasteiger partial charge in [0, 0.05) is 38.2 Å². The van der Waals surface area contributed by atoms with Gasteiger partial charge in [-0.15, -0.1) is 0 Å². The van der Waals surface area contributed by atoms with E-state index in [0.717, 1.165) is 6.42 Å². The van der Waals surface area contributed by atoms with E-state index >= 15 is 0 Å². The Morgan fingerprint density at radius 1 is 1.00 bits per heavy atom. The molecule has 0 bridgehead atoms. The second-order valence-electron chi connectivity index (χ2n) is 6.69. The number of hydrogen-bond donors (Lipinski definition) is 0. The number of amides is 2. The molecule has 2 rings (SSSR count). The van der Waals surface area contributed by atoms with Crippen molar-refractivity contribution < 1.29 is 19.1 Å². The summed E-state index contributed by atoms with van der Waals surface area (Å²) in [5, 5.41) is 0. The summed E-state index contributed by atoms with van der Waals surface area (Å²) in [5.74, 6) is 1.62. The molecule has 6 nitrogen and oxygen atoms in total. The maximum atomic E-state index is 12.8. The first-order chi connectivity index (χ1) is 12.0. The summed E-state index contributed by atoms with van der Waals surface area (Å²) in [6.45, 7) is 6.59. The van der Waals surface area contributed by atoms with E-state index in [1.54, 1.807) is 32.4 Å². The average Bonchev–Trinajstić information content (AvgIpc) is 2.86. The molecule has 1 aliphatic rings. The SMILES string of the molecule is COc1ccc(C(=O)N2CCCN(C(=O)CC(C)C)CC2)cc1OC. The van der Waals surface area contributed by atoms with Crippen LogP contribution in [0.25, 0.3) is 0 Å². The number of carbonyl (C=O) groups excluding carboxylic acids is 2. The highest BCUT2D eigenvalue weighted by Crippen LogP contribution is 2.28. The van der Waals surface area contributed by atoms with Crippen molar-refractivity contribution >= 4 is 11.8 Å². The molecule has 0 radical (unpaired) electrons.